The average molecular weight is 214 g/mol. The Labute approximate surface area is 86.7 Å². The second-order valence-corrected chi connectivity index (χ2v) is 3.82. The lowest BCUT2D eigenvalue weighted by Gasteiger charge is -1.97. The maximum atomic E-state index is 6.02. The third kappa shape index (κ3) is 1.43. The van der Waals surface area contributed by atoms with E-state index < -0.39 is 0 Å². The summed E-state index contributed by atoms with van der Waals surface area (Å²) in [5.41, 5.74) is 2.22. The van der Waals surface area contributed by atoms with Crippen LogP contribution in [0.5, 0.6) is 0 Å². The summed E-state index contributed by atoms with van der Waals surface area (Å²) in [6.07, 6.45) is 2.96. The summed E-state index contributed by atoms with van der Waals surface area (Å²) >= 11 is 11.9. The maximum absolute atomic E-state index is 6.02. The Hall–Kier alpha value is -0.660. The van der Waals surface area contributed by atoms with E-state index in [2.05, 4.69) is 11.9 Å². The molecule has 0 aliphatic heterocycles. The van der Waals surface area contributed by atoms with E-state index in [0.717, 1.165) is 17.3 Å². The van der Waals surface area contributed by atoms with Gasteiger partial charge in [-0.3, -0.25) is 0 Å². The Morgan fingerprint density at radius 3 is 2.77 bits per heavy atom. The van der Waals surface area contributed by atoms with E-state index in [1.807, 2.05) is 12.3 Å². The first-order chi connectivity index (χ1) is 6.22. The van der Waals surface area contributed by atoms with Crippen molar-refractivity contribution < 1.29 is 0 Å². The maximum Gasteiger partial charge on any atom is 0.0661 e. The molecule has 0 amide bonds. The molecule has 0 aliphatic carbocycles. The number of hydrogen-bond acceptors (Lipinski definition) is 0. The van der Waals surface area contributed by atoms with Crippen LogP contribution in [0, 0.1) is 0 Å². The van der Waals surface area contributed by atoms with Crippen molar-refractivity contribution in [3.05, 3.63) is 33.9 Å². The fourth-order valence-corrected chi connectivity index (χ4v) is 2.05. The largest absolute Gasteiger partial charge is 0.360 e. The molecule has 1 aromatic heterocycles. The molecule has 2 aromatic rings. The second-order valence-electron chi connectivity index (χ2n) is 2.98. The molecule has 1 nitrogen and oxygen atoms in total. The molecule has 2 rings (SSSR count). The second kappa shape index (κ2) is 3.24. The quantitative estimate of drug-likeness (QED) is 0.737. The topological polar surface area (TPSA) is 15.8 Å². The highest BCUT2D eigenvalue weighted by Gasteiger charge is 2.06. The van der Waals surface area contributed by atoms with Gasteiger partial charge in [-0.1, -0.05) is 30.1 Å². The predicted molar refractivity (Wildman–Crippen MR) is 57.7 cm³/mol. The standard InChI is InChI=1S/C10H9Cl2N/c1-2-6-5-13-10-8(6)3-7(11)4-9(10)12/h3-5,13H,2H2,1H3. The van der Waals surface area contributed by atoms with Gasteiger partial charge in [0.15, 0.2) is 0 Å². The van der Waals surface area contributed by atoms with Gasteiger partial charge in [-0.05, 0) is 24.1 Å². The Balaban J connectivity index is 2.82. The molecule has 0 bridgehead atoms. The van der Waals surface area contributed by atoms with Crippen LogP contribution in [0.25, 0.3) is 10.9 Å². The zero-order valence-electron chi connectivity index (χ0n) is 7.20. The summed E-state index contributed by atoms with van der Waals surface area (Å²) in [5.74, 6) is 0. The van der Waals surface area contributed by atoms with Crippen molar-refractivity contribution in [1.82, 2.24) is 4.98 Å². The van der Waals surface area contributed by atoms with Gasteiger partial charge >= 0.3 is 0 Å². The van der Waals surface area contributed by atoms with Gasteiger partial charge in [0.05, 0.1) is 10.5 Å². The van der Waals surface area contributed by atoms with Crippen molar-refractivity contribution >= 4 is 34.1 Å². The van der Waals surface area contributed by atoms with E-state index in [1.165, 1.54) is 5.56 Å². The number of halogens is 2. The van der Waals surface area contributed by atoms with E-state index in [0.29, 0.717) is 10.0 Å². The molecule has 1 heterocycles. The number of hydrogen-bond donors (Lipinski definition) is 1. The summed E-state index contributed by atoms with van der Waals surface area (Å²) < 4.78 is 0. The summed E-state index contributed by atoms with van der Waals surface area (Å²) in [5, 5.41) is 2.49. The fourth-order valence-electron chi connectivity index (χ4n) is 1.50. The first kappa shape index (κ1) is 8.92. The van der Waals surface area contributed by atoms with Gasteiger partial charge in [0.25, 0.3) is 0 Å². The van der Waals surface area contributed by atoms with Crippen LogP contribution in [0.1, 0.15) is 12.5 Å². The number of aromatic nitrogens is 1. The van der Waals surface area contributed by atoms with E-state index in [9.17, 15) is 0 Å². The third-order valence-electron chi connectivity index (χ3n) is 2.17. The monoisotopic (exact) mass is 213 g/mol. The number of benzene rings is 1. The number of rotatable bonds is 1. The molecular weight excluding hydrogens is 205 g/mol. The highest BCUT2D eigenvalue weighted by molar-refractivity contribution is 6.38. The highest BCUT2D eigenvalue weighted by Crippen LogP contribution is 2.29. The number of aryl methyl sites for hydroxylation is 1. The predicted octanol–water partition coefficient (Wildman–Crippen LogP) is 4.04. The van der Waals surface area contributed by atoms with Gasteiger partial charge in [0, 0.05) is 16.6 Å². The first-order valence-corrected chi connectivity index (χ1v) is 4.93. The van der Waals surface area contributed by atoms with E-state index >= 15 is 0 Å². The highest BCUT2D eigenvalue weighted by atomic mass is 35.5. The van der Waals surface area contributed by atoms with Gasteiger partial charge in [-0.15, -0.1) is 0 Å². The molecule has 0 unspecified atom stereocenters. The van der Waals surface area contributed by atoms with E-state index in [1.54, 1.807) is 6.07 Å². The Bertz CT molecular complexity index is 445. The SMILES string of the molecule is CCc1c[nH]c2c(Cl)cc(Cl)cc12. The van der Waals surface area contributed by atoms with Crippen LogP contribution in [0.2, 0.25) is 10.0 Å². The van der Waals surface area contributed by atoms with Gasteiger partial charge in [-0.25, -0.2) is 0 Å². The zero-order chi connectivity index (χ0) is 9.42. The molecule has 13 heavy (non-hydrogen) atoms. The normalized spacial score (nSPS) is 11.0. The van der Waals surface area contributed by atoms with Crippen LogP contribution in [0.15, 0.2) is 18.3 Å². The fraction of sp³-hybridized carbons (Fsp3) is 0.200. The smallest absolute Gasteiger partial charge is 0.0661 e. The van der Waals surface area contributed by atoms with Gasteiger partial charge < -0.3 is 4.98 Å². The van der Waals surface area contributed by atoms with Crippen LogP contribution in [0.4, 0.5) is 0 Å². The molecule has 0 radical (unpaired) electrons. The van der Waals surface area contributed by atoms with Gasteiger partial charge in [0.2, 0.25) is 0 Å². The van der Waals surface area contributed by atoms with Crippen molar-refractivity contribution in [2.75, 3.05) is 0 Å². The van der Waals surface area contributed by atoms with Crippen molar-refractivity contribution in [3.8, 4) is 0 Å². The summed E-state index contributed by atoms with van der Waals surface area (Å²) in [6.45, 7) is 2.11. The van der Waals surface area contributed by atoms with E-state index in [-0.39, 0.29) is 0 Å². The van der Waals surface area contributed by atoms with Crippen molar-refractivity contribution in [2.24, 2.45) is 0 Å². The van der Waals surface area contributed by atoms with Crippen LogP contribution in [-0.4, -0.2) is 4.98 Å². The summed E-state index contributed by atoms with van der Waals surface area (Å²) in [6, 6.07) is 3.69. The molecule has 1 N–H and O–H groups in total. The zero-order valence-corrected chi connectivity index (χ0v) is 8.71. The minimum atomic E-state index is 0.683. The van der Waals surface area contributed by atoms with Crippen LogP contribution < -0.4 is 0 Å². The molecular formula is C10H9Cl2N. The lowest BCUT2D eigenvalue weighted by atomic mass is 10.1. The van der Waals surface area contributed by atoms with Crippen LogP contribution in [0.3, 0.4) is 0 Å². The average Bonchev–Trinajstić information content (AvgIpc) is 2.47. The minimum Gasteiger partial charge on any atom is -0.360 e. The first-order valence-electron chi connectivity index (χ1n) is 4.17. The molecule has 0 aliphatic rings. The van der Waals surface area contributed by atoms with Gasteiger partial charge in [0.1, 0.15) is 0 Å². The minimum absolute atomic E-state index is 0.683. The molecule has 0 atom stereocenters. The molecule has 68 valence electrons. The third-order valence-corrected chi connectivity index (χ3v) is 2.69. The molecule has 0 fully saturated rings. The van der Waals surface area contributed by atoms with Crippen molar-refractivity contribution in [2.45, 2.75) is 13.3 Å². The molecule has 0 saturated heterocycles. The van der Waals surface area contributed by atoms with Gasteiger partial charge in [-0.2, -0.15) is 0 Å². The number of H-pyrrole nitrogens is 1. The molecule has 0 spiro atoms. The number of aromatic amines is 1. The summed E-state index contributed by atoms with van der Waals surface area (Å²) in [4.78, 5) is 3.14. The lowest BCUT2D eigenvalue weighted by Crippen LogP contribution is -1.76. The Morgan fingerprint density at radius 2 is 2.08 bits per heavy atom. The molecule has 3 heteroatoms. The Morgan fingerprint density at radius 1 is 1.31 bits per heavy atom. The van der Waals surface area contributed by atoms with Crippen molar-refractivity contribution in [1.29, 1.82) is 0 Å². The van der Waals surface area contributed by atoms with Crippen LogP contribution in [-0.2, 0) is 6.42 Å². The Kier molecular flexibility index (Phi) is 2.22. The summed E-state index contributed by atoms with van der Waals surface area (Å²) in [7, 11) is 0. The number of fused-ring (bicyclic) bond motifs is 1. The van der Waals surface area contributed by atoms with Crippen LogP contribution >= 0.6 is 23.2 Å². The number of nitrogens with one attached hydrogen (secondary N) is 1. The molecule has 0 saturated carbocycles. The van der Waals surface area contributed by atoms with E-state index in [4.69, 9.17) is 23.2 Å². The molecule has 1 aromatic carbocycles. The van der Waals surface area contributed by atoms with Crippen molar-refractivity contribution in [3.63, 3.8) is 0 Å². The lowest BCUT2D eigenvalue weighted by molar-refractivity contribution is 1.15.